The SMILES string of the molecule is COCCCn1cnnc1CNC(=O)c1csc(N)n1. The molecular formula is C11H16N6O2S. The molecule has 0 unspecified atom stereocenters. The number of aryl methyl sites for hydroxylation is 1. The van der Waals surface area contributed by atoms with Crippen LogP contribution in [0.3, 0.4) is 0 Å². The van der Waals surface area contributed by atoms with Gasteiger partial charge in [0.2, 0.25) is 0 Å². The van der Waals surface area contributed by atoms with Gasteiger partial charge in [-0.05, 0) is 6.42 Å². The average molecular weight is 296 g/mol. The summed E-state index contributed by atoms with van der Waals surface area (Å²) in [4.78, 5) is 15.7. The molecular weight excluding hydrogens is 280 g/mol. The van der Waals surface area contributed by atoms with Crippen LogP contribution in [0.2, 0.25) is 0 Å². The summed E-state index contributed by atoms with van der Waals surface area (Å²) in [6, 6.07) is 0. The number of methoxy groups -OCH3 is 1. The molecule has 0 saturated heterocycles. The first-order valence-electron chi connectivity index (χ1n) is 6.05. The van der Waals surface area contributed by atoms with E-state index in [2.05, 4.69) is 20.5 Å². The van der Waals surface area contributed by atoms with Gasteiger partial charge in [0.05, 0.1) is 6.54 Å². The second-order valence-corrected chi connectivity index (χ2v) is 4.93. The van der Waals surface area contributed by atoms with E-state index in [0.29, 0.717) is 29.8 Å². The monoisotopic (exact) mass is 296 g/mol. The standard InChI is InChI=1S/C11H16N6O2S/c1-19-4-2-3-17-7-14-16-9(17)5-13-10(18)8-6-20-11(12)15-8/h6-7H,2-5H2,1H3,(H2,12,15)(H,13,18). The van der Waals surface area contributed by atoms with Gasteiger partial charge < -0.3 is 20.4 Å². The zero-order valence-corrected chi connectivity index (χ0v) is 11.9. The van der Waals surface area contributed by atoms with Gasteiger partial charge in [0.1, 0.15) is 12.0 Å². The summed E-state index contributed by atoms with van der Waals surface area (Å²) < 4.78 is 6.88. The largest absolute Gasteiger partial charge is 0.385 e. The fourth-order valence-electron chi connectivity index (χ4n) is 1.62. The molecule has 0 fully saturated rings. The lowest BCUT2D eigenvalue weighted by molar-refractivity contribution is 0.0945. The van der Waals surface area contributed by atoms with E-state index < -0.39 is 0 Å². The van der Waals surface area contributed by atoms with E-state index in [-0.39, 0.29) is 5.91 Å². The van der Waals surface area contributed by atoms with Crippen molar-refractivity contribution in [1.82, 2.24) is 25.1 Å². The van der Waals surface area contributed by atoms with Gasteiger partial charge >= 0.3 is 0 Å². The third-order valence-electron chi connectivity index (χ3n) is 2.60. The molecule has 1 amide bonds. The van der Waals surface area contributed by atoms with Crippen LogP contribution < -0.4 is 11.1 Å². The highest BCUT2D eigenvalue weighted by Crippen LogP contribution is 2.10. The van der Waals surface area contributed by atoms with Gasteiger partial charge in [-0.15, -0.1) is 21.5 Å². The molecule has 2 rings (SSSR count). The number of nitrogen functional groups attached to an aromatic ring is 1. The van der Waals surface area contributed by atoms with Gasteiger partial charge in [0, 0.05) is 25.6 Å². The molecule has 108 valence electrons. The molecule has 0 saturated carbocycles. The van der Waals surface area contributed by atoms with Crippen LogP contribution in [0.5, 0.6) is 0 Å². The molecule has 20 heavy (non-hydrogen) atoms. The third kappa shape index (κ3) is 3.75. The highest BCUT2D eigenvalue weighted by molar-refractivity contribution is 7.13. The Bertz CT molecular complexity index is 567. The first kappa shape index (κ1) is 14.4. The van der Waals surface area contributed by atoms with E-state index in [1.807, 2.05) is 4.57 Å². The van der Waals surface area contributed by atoms with Gasteiger partial charge in [0.15, 0.2) is 11.0 Å². The first-order valence-corrected chi connectivity index (χ1v) is 6.93. The number of rotatable bonds is 7. The Kier molecular flexibility index (Phi) is 5.02. The number of nitrogens with two attached hydrogens (primary N) is 1. The van der Waals surface area contributed by atoms with E-state index >= 15 is 0 Å². The highest BCUT2D eigenvalue weighted by atomic mass is 32.1. The Hall–Kier alpha value is -2.00. The number of anilines is 1. The Morgan fingerprint density at radius 3 is 3.15 bits per heavy atom. The van der Waals surface area contributed by atoms with Crippen molar-refractivity contribution in [1.29, 1.82) is 0 Å². The zero-order chi connectivity index (χ0) is 14.4. The highest BCUT2D eigenvalue weighted by Gasteiger charge is 2.11. The second-order valence-electron chi connectivity index (χ2n) is 4.04. The van der Waals surface area contributed by atoms with Gasteiger partial charge in [0.25, 0.3) is 5.91 Å². The minimum atomic E-state index is -0.274. The predicted molar refractivity (Wildman–Crippen MR) is 74.2 cm³/mol. The maximum absolute atomic E-state index is 11.8. The van der Waals surface area contributed by atoms with Crippen LogP contribution in [0.25, 0.3) is 0 Å². The molecule has 8 nitrogen and oxygen atoms in total. The smallest absolute Gasteiger partial charge is 0.271 e. The van der Waals surface area contributed by atoms with Gasteiger partial charge in [-0.3, -0.25) is 4.79 Å². The summed E-state index contributed by atoms with van der Waals surface area (Å²) in [5.74, 6) is 0.419. The number of ether oxygens (including phenoxy) is 1. The van der Waals surface area contributed by atoms with E-state index in [4.69, 9.17) is 10.5 Å². The quantitative estimate of drug-likeness (QED) is 0.711. The number of nitrogens with zero attached hydrogens (tertiary/aromatic N) is 4. The van der Waals surface area contributed by atoms with Crippen molar-refractivity contribution in [3.05, 3.63) is 23.2 Å². The summed E-state index contributed by atoms with van der Waals surface area (Å²) in [5, 5.41) is 12.6. The van der Waals surface area contributed by atoms with Gasteiger partial charge in [-0.25, -0.2) is 4.98 Å². The predicted octanol–water partition coefficient (Wildman–Crippen LogP) is 0.283. The van der Waals surface area contributed by atoms with Crippen LogP contribution in [0.1, 0.15) is 22.7 Å². The molecule has 2 aromatic heterocycles. The van der Waals surface area contributed by atoms with Crippen molar-refractivity contribution in [2.24, 2.45) is 0 Å². The van der Waals surface area contributed by atoms with E-state index in [1.54, 1.807) is 18.8 Å². The minimum Gasteiger partial charge on any atom is -0.385 e. The van der Waals surface area contributed by atoms with Crippen molar-refractivity contribution < 1.29 is 9.53 Å². The van der Waals surface area contributed by atoms with Crippen LogP contribution in [0, 0.1) is 0 Å². The number of hydrogen-bond acceptors (Lipinski definition) is 7. The molecule has 0 aliphatic heterocycles. The van der Waals surface area contributed by atoms with Crippen molar-refractivity contribution in [3.63, 3.8) is 0 Å². The molecule has 9 heteroatoms. The fraction of sp³-hybridized carbons (Fsp3) is 0.455. The maximum Gasteiger partial charge on any atom is 0.271 e. The number of thiazole rings is 1. The van der Waals surface area contributed by atoms with Crippen molar-refractivity contribution in [2.45, 2.75) is 19.5 Å². The number of carbonyl (C=O) groups excluding carboxylic acids is 1. The molecule has 0 aromatic carbocycles. The van der Waals surface area contributed by atoms with Crippen LogP contribution in [-0.2, 0) is 17.8 Å². The van der Waals surface area contributed by atoms with E-state index in [9.17, 15) is 4.79 Å². The number of hydrogen-bond donors (Lipinski definition) is 2. The molecule has 0 radical (unpaired) electrons. The molecule has 0 atom stereocenters. The number of nitrogens with one attached hydrogen (secondary N) is 1. The lowest BCUT2D eigenvalue weighted by Gasteiger charge is -2.06. The Morgan fingerprint density at radius 2 is 2.45 bits per heavy atom. The molecule has 0 bridgehead atoms. The van der Waals surface area contributed by atoms with Crippen molar-refractivity contribution in [2.75, 3.05) is 19.5 Å². The number of aromatic nitrogens is 4. The lowest BCUT2D eigenvalue weighted by atomic mass is 10.4. The summed E-state index contributed by atoms with van der Waals surface area (Å²) in [6.45, 7) is 1.71. The fourth-order valence-corrected chi connectivity index (χ4v) is 2.17. The van der Waals surface area contributed by atoms with Crippen molar-refractivity contribution >= 4 is 22.4 Å². The van der Waals surface area contributed by atoms with E-state index in [0.717, 1.165) is 13.0 Å². The molecule has 0 aliphatic rings. The Labute approximate surface area is 120 Å². The maximum atomic E-state index is 11.8. The molecule has 2 aromatic rings. The summed E-state index contributed by atoms with van der Waals surface area (Å²) in [7, 11) is 1.66. The molecule has 0 aliphatic carbocycles. The summed E-state index contributed by atoms with van der Waals surface area (Å²) in [5.41, 5.74) is 5.81. The average Bonchev–Trinajstić information content (AvgIpc) is 3.05. The zero-order valence-electron chi connectivity index (χ0n) is 11.1. The van der Waals surface area contributed by atoms with Crippen LogP contribution >= 0.6 is 11.3 Å². The van der Waals surface area contributed by atoms with Crippen LogP contribution in [0.4, 0.5) is 5.13 Å². The third-order valence-corrected chi connectivity index (χ3v) is 3.28. The van der Waals surface area contributed by atoms with Gasteiger partial charge in [-0.1, -0.05) is 0 Å². The minimum absolute atomic E-state index is 0.274. The number of carbonyl (C=O) groups is 1. The number of amides is 1. The Balaban J connectivity index is 1.87. The topological polar surface area (TPSA) is 108 Å². The van der Waals surface area contributed by atoms with E-state index in [1.165, 1.54) is 11.3 Å². The van der Waals surface area contributed by atoms with Crippen molar-refractivity contribution in [3.8, 4) is 0 Å². The van der Waals surface area contributed by atoms with Crippen LogP contribution in [0.15, 0.2) is 11.7 Å². The lowest BCUT2D eigenvalue weighted by Crippen LogP contribution is -2.25. The second kappa shape index (κ2) is 6.96. The normalized spacial score (nSPS) is 10.7. The van der Waals surface area contributed by atoms with Crippen LogP contribution in [-0.4, -0.2) is 39.4 Å². The Morgan fingerprint density at radius 1 is 1.60 bits per heavy atom. The molecule has 2 heterocycles. The first-order chi connectivity index (χ1) is 9.70. The summed E-state index contributed by atoms with van der Waals surface area (Å²) >= 11 is 1.23. The molecule has 0 spiro atoms. The molecule has 3 N–H and O–H groups in total. The summed E-state index contributed by atoms with van der Waals surface area (Å²) in [6.07, 6.45) is 2.50. The van der Waals surface area contributed by atoms with Gasteiger partial charge in [-0.2, -0.15) is 0 Å².